The number of hydrogen-bond donors (Lipinski definition) is 1. The maximum atomic E-state index is 9.19. The van der Waals surface area contributed by atoms with Crippen LogP contribution in [-0.2, 0) is 0 Å². The van der Waals surface area contributed by atoms with Gasteiger partial charge in [-0.05, 0) is 37.3 Å². The minimum absolute atomic E-state index is 0.0635. The molecule has 2 aromatic carbocycles. The topological polar surface area (TPSA) is 54.3 Å². The number of rotatable bonds is 5. The number of halogens is 1. The van der Waals surface area contributed by atoms with Gasteiger partial charge in [0.25, 0.3) is 0 Å². The van der Waals surface area contributed by atoms with E-state index in [2.05, 4.69) is 11.4 Å². The van der Waals surface area contributed by atoms with Crippen LogP contribution in [0.4, 0.5) is 5.69 Å². The van der Waals surface area contributed by atoms with E-state index in [1.165, 1.54) is 0 Å². The summed E-state index contributed by atoms with van der Waals surface area (Å²) >= 11 is 6.01. The number of hydrogen-bond acceptors (Lipinski definition) is 4. The fraction of sp³-hybridized carbons (Fsp3) is 0.235. The molecule has 5 heteroatoms. The molecule has 0 aliphatic heterocycles. The third-order valence-electron chi connectivity index (χ3n) is 3.38. The van der Waals surface area contributed by atoms with E-state index in [0.717, 1.165) is 17.1 Å². The number of anilines is 1. The maximum Gasteiger partial charge on any atom is 0.127 e. The van der Waals surface area contributed by atoms with Gasteiger partial charge in [0.1, 0.15) is 17.6 Å². The SMILES string of the molecule is COc1ccc(C(C)Nc2cc(Cl)ccc2C#N)c(OC)c1. The molecule has 0 radical (unpaired) electrons. The van der Waals surface area contributed by atoms with E-state index in [-0.39, 0.29) is 6.04 Å². The van der Waals surface area contributed by atoms with Crippen molar-refractivity contribution in [2.75, 3.05) is 19.5 Å². The average molecular weight is 317 g/mol. The van der Waals surface area contributed by atoms with Crippen molar-refractivity contribution >= 4 is 17.3 Å². The lowest BCUT2D eigenvalue weighted by Crippen LogP contribution is -2.09. The number of benzene rings is 2. The molecule has 0 heterocycles. The molecule has 4 nitrogen and oxygen atoms in total. The van der Waals surface area contributed by atoms with Gasteiger partial charge in [-0.1, -0.05) is 11.6 Å². The van der Waals surface area contributed by atoms with Gasteiger partial charge in [0.2, 0.25) is 0 Å². The van der Waals surface area contributed by atoms with Gasteiger partial charge in [0.15, 0.2) is 0 Å². The Morgan fingerprint density at radius 1 is 1.14 bits per heavy atom. The van der Waals surface area contributed by atoms with E-state index in [1.54, 1.807) is 32.4 Å². The van der Waals surface area contributed by atoms with Crippen LogP contribution in [-0.4, -0.2) is 14.2 Å². The number of methoxy groups -OCH3 is 2. The van der Waals surface area contributed by atoms with E-state index in [0.29, 0.717) is 16.3 Å². The Kier molecular flexibility index (Phi) is 5.13. The van der Waals surface area contributed by atoms with Crippen LogP contribution in [0.5, 0.6) is 11.5 Å². The molecule has 0 fully saturated rings. The van der Waals surface area contributed by atoms with E-state index in [9.17, 15) is 5.26 Å². The van der Waals surface area contributed by atoms with Gasteiger partial charge in [-0.15, -0.1) is 0 Å². The first-order valence-corrected chi connectivity index (χ1v) is 7.15. The fourth-order valence-electron chi connectivity index (χ4n) is 2.22. The Morgan fingerprint density at radius 2 is 1.91 bits per heavy atom. The number of ether oxygens (including phenoxy) is 2. The zero-order valence-electron chi connectivity index (χ0n) is 12.7. The third kappa shape index (κ3) is 3.44. The van der Waals surface area contributed by atoms with Crippen molar-refractivity contribution in [1.29, 1.82) is 5.26 Å². The zero-order valence-corrected chi connectivity index (χ0v) is 13.4. The summed E-state index contributed by atoms with van der Waals surface area (Å²) in [6, 6.07) is 12.9. The highest BCUT2D eigenvalue weighted by Crippen LogP contribution is 2.32. The molecule has 0 spiro atoms. The molecule has 0 amide bonds. The van der Waals surface area contributed by atoms with Crippen molar-refractivity contribution in [1.82, 2.24) is 0 Å². The van der Waals surface area contributed by atoms with Crippen molar-refractivity contribution in [2.24, 2.45) is 0 Å². The number of nitrogens with one attached hydrogen (secondary N) is 1. The minimum Gasteiger partial charge on any atom is -0.497 e. The van der Waals surface area contributed by atoms with Crippen molar-refractivity contribution in [2.45, 2.75) is 13.0 Å². The molecule has 114 valence electrons. The van der Waals surface area contributed by atoms with Gasteiger partial charge in [0, 0.05) is 16.7 Å². The van der Waals surface area contributed by atoms with E-state index >= 15 is 0 Å². The van der Waals surface area contributed by atoms with Gasteiger partial charge in [-0.2, -0.15) is 5.26 Å². The zero-order chi connectivity index (χ0) is 16.1. The molecule has 0 aliphatic carbocycles. The lowest BCUT2D eigenvalue weighted by atomic mass is 10.1. The monoisotopic (exact) mass is 316 g/mol. The molecule has 0 saturated heterocycles. The molecule has 2 rings (SSSR count). The predicted octanol–water partition coefficient (Wildman–Crippen LogP) is 4.40. The van der Waals surface area contributed by atoms with Gasteiger partial charge in [-0.3, -0.25) is 0 Å². The first-order valence-electron chi connectivity index (χ1n) is 6.77. The summed E-state index contributed by atoms with van der Waals surface area (Å²) < 4.78 is 10.6. The van der Waals surface area contributed by atoms with E-state index in [1.807, 2.05) is 25.1 Å². The maximum absolute atomic E-state index is 9.19. The Balaban J connectivity index is 2.32. The highest BCUT2D eigenvalue weighted by Gasteiger charge is 2.14. The first-order chi connectivity index (χ1) is 10.6. The molecule has 0 bridgehead atoms. The molecular weight excluding hydrogens is 300 g/mol. The smallest absolute Gasteiger partial charge is 0.127 e. The Morgan fingerprint density at radius 3 is 2.55 bits per heavy atom. The standard InChI is InChI=1S/C17H17ClN2O2/c1-11(15-7-6-14(21-2)9-17(15)22-3)20-16-8-13(18)5-4-12(16)10-19/h4-9,11,20H,1-3H3. The van der Waals surface area contributed by atoms with Gasteiger partial charge >= 0.3 is 0 Å². The van der Waals surface area contributed by atoms with Crippen molar-refractivity contribution in [3.8, 4) is 17.6 Å². The van der Waals surface area contributed by atoms with Gasteiger partial charge in [0.05, 0.1) is 31.5 Å². The molecule has 0 aromatic heterocycles. The normalized spacial score (nSPS) is 11.4. The third-order valence-corrected chi connectivity index (χ3v) is 3.62. The average Bonchev–Trinajstić information content (AvgIpc) is 2.54. The molecule has 2 aromatic rings. The Bertz CT molecular complexity index is 710. The van der Waals surface area contributed by atoms with Crippen LogP contribution >= 0.6 is 11.6 Å². The largest absolute Gasteiger partial charge is 0.497 e. The molecule has 22 heavy (non-hydrogen) atoms. The first kappa shape index (κ1) is 16.0. The van der Waals surface area contributed by atoms with Crippen LogP contribution in [0.1, 0.15) is 24.1 Å². The van der Waals surface area contributed by atoms with Crippen LogP contribution in [0.3, 0.4) is 0 Å². The summed E-state index contributed by atoms with van der Waals surface area (Å²) in [5, 5.41) is 13.1. The Hall–Kier alpha value is -2.38. The second-order valence-corrected chi connectivity index (χ2v) is 5.21. The van der Waals surface area contributed by atoms with Gasteiger partial charge < -0.3 is 14.8 Å². The summed E-state index contributed by atoms with van der Waals surface area (Å²) in [6.45, 7) is 1.99. The second kappa shape index (κ2) is 7.06. The molecule has 0 saturated carbocycles. The van der Waals surface area contributed by atoms with Crippen LogP contribution in [0.25, 0.3) is 0 Å². The van der Waals surface area contributed by atoms with Crippen molar-refractivity contribution in [3.63, 3.8) is 0 Å². The molecule has 1 atom stereocenters. The van der Waals surface area contributed by atoms with Crippen molar-refractivity contribution in [3.05, 3.63) is 52.5 Å². The van der Waals surface area contributed by atoms with Crippen LogP contribution < -0.4 is 14.8 Å². The summed E-state index contributed by atoms with van der Waals surface area (Å²) in [5.74, 6) is 1.45. The number of nitriles is 1. The summed E-state index contributed by atoms with van der Waals surface area (Å²) in [6.07, 6.45) is 0. The van der Waals surface area contributed by atoms with Crippen molar-refractivity contribution < 1.29 is 9.47 Å². The minimum atomic E-state index is -0.0635. The summed E-state index contributed by atoms with van der Waals surface area (Å²) in [7, 11) is 3.23. The highest BCUT2D eigenvalue weighted by atomic mass is 35.5. The molecule has 1 N–H and O–H groups in total. The quantitative estimate of drug-likeness (QED) is 0.888. The molecule has 0 aliphatic rings. The lowest BCUT2D eigenvalue weighted by Gasteiger charge is -2.20. The van der Waals surface area contributed by atoms with Gasteiger partial charge in [-0.25, -0.2) is 0 Å². The highest BCUT2D eigenvalue weighted by molar-refractivity contribution is 6.30. The lowest BCUT2D eigenvalue weighted by molar-refractivity contribution is 0.390. The summed E-state index contributed by atoms with van der Waals surface area (Å²) in [4.78, 5) is 0. The molecule has 1 unspecified atom stereocenters. The Labute approximate surface area is 135 Å². The van der Waals surface area contributed by atoms with Crippen LogP contribution in [0.2, 0.25) is 5.02 Å². The fourth-order valence-corrected chi connectivity index (χ4v) is 2.39. The molecular formula is C17H17ClN2O2. The van der Waals surface area contributed by atoms with E-state index < -0.39 is 0 Å². The second-order valence-electron chi connectivity index (χ2n) is 4.78. The summed E-state index contributed by atoms with van der Waals surface area (Å²) in [5.41, 5.74) is 2.20. The van der Waals surface area contributed by atoms with Crippen LogP contribution in [0, 0.1) is 11.3 Å². The predicted molar refractivity (Wildman–Crippen MR) is 87.8 cm³/mol. The number of nitrogens with zero attached hydrogens (tertiary/aromatic N) is 1. The van der Waals surface area contributed by atoms with Crippen LogP contribution in [0.15, 0.2) is 36.4 Å². The van der Waals surface area contributed by atoms with E-state index in [4.69, 9.17) is 21.1 Å².